The fraction of sp³-hybridized carbons (Fsp3) is 0.176. The van der Waals surface area contributed by atoms with Gasteiger partial charge in [-0.2, -0.15) is 5.10 Å². The van der Waals surface area contributed by atoms with Gasteiger partial charge >= 0.3 is 5.69 Å². The van der Waals surface area contributed by atoms with Crippen molar-refractivity contribution in [1.82, 2.24) is 5.43 Å². The molecular weight excluding hydrogens is 378 g/mol. The Hall–Kier alpha value is -3.33. The minimum absolute atomic E-state index is 0.0848. The molecule has 0 atom stereocenters. The number of phenolic OH excluding ortho intramolecular Hbond substituents is 1. The van der Waals surface area contributed by atoms with Gasteiger partial charge in [0.2, 0.25) is 5.75 Å². The topological polar surface area (TPSA) is 123 Å². The number of halogens is 1. The van der Waals surface area contributed by atoms with Crippen molar-refractivity contribution in [1.29, 1.82) is 0 Å². The second-order valence-corrected chi connectivity index (χ2v) is 5.75. The van der Waals surface area contributed by atoms with Crippen LogP contribution in [0.25, 0.3) is 0 Å². The summed E-state index contributed by atoms with van der Waals surface area (Å²) in [6, 6.07) is 7.42. The molecule has 2 aromatic rings. The lowest BCUT2D eigenvalue weighted by atomic mass is 10.2. The summed E-state index contributed by atoms with van der Waals surface area (Å²) in [4.78, 5) is 21.9. The number of amides is 1. The number of nitrogens with zero attached hydrogens (tertiary/aromatic N) is 2. The van der Waals surface area contributed by atoms with Gasteiger partial charge in [-0.15, -0.1) is 0 Å². The highest BCUT2D eigenvalue weighted by Crippen LogP contribution is 2.36. The van der Waals surface area contributed by atoms with Gasteiger partial charge in [0.1, 0.15) is 5.75 Å². The molecule has 2 rings (SSSR count). The molecule has 0 bridgehead atoms. The van der Waals surface area contributed by atoms with Crippen molar-refractivity contribution in [2.24, 2.45) is 5.10 Å². The SMILES string of the molecule is COc1cc(/C=N/NC(=O)COc2ccc(Cl)c(C)c2)cc([N+](=O)[O-])c1O. The molecule has 0 aromatic heterocycles. The minimum atomic E-state index is -0.754. The van der Waals surface area contributed by atoms with Gasteiger partial charge in [0.15, 0.2) is 12.4 Å². The first kappa shape index (κ1) is 20.0. The number of aryl methyl sites for hydroxylation is 1. The lowest BCUT2D eigenvalue weighted by Gasteiger charge is -2.07. The van der Waals surface area contributed by atoms with Crippen LogP contribution in [0.4, 0.5) is 5.69 Å². The molecule has 1 amide bonds. The Morgan fingerprint density at radius 2 is 2.15 bits per heavy atom. The summed E-state index contributed by atoms with van der Waals surface area (Å²) in [6.45, 7) is 1.53. The zero-order chi connectivity index (χ0) is 20.0. The van der Waals surface area contributed by atoms with Crippen LogP contribution in [0.15, 0.2) is 35.4 Å². The Morgan fingerprint density at radius 3 is 2.78 bits per heavy atom. The van der Waals surface area contributed by atoms with Crippen LogP contribution in [0.2, 0.25) is 5.02 Å². The van der Waals surface area contributed by atoms with E-state index in [1.165, 1.54) is 19.4 Å². The molecule has 27 heavy (non-hydrogen) atoms. The van der Waals surface area contributed by atoms with E-state index in [4.69, 9.17) is 21.1 Å². The van der Waals surface area contributed by atoms with Crippen LogP contribution in [0.1, 0.15) is 11.1 Å². The maximum atomic E-state index is 11.8. The van der Waals surface area contributed by atoms with Crippen LogP contribution in [-0.2, 0) is 4.79 Å². The number of carbonyl (C=O) groups is 1. The number of phenols is 1. The average molecular weight is 394 g/mol. The summed E-state index contributed by atoms with van der Waals surface area (Å²) in [7, 11) is 1.26. The number of rotatable bonds is 7. The van der Waals surface area contributed by atoms with Gasteiger partial charge in [0.25, 0.3) is 5.91 Å². The number of ether oxygens (including phenoxy) is 2. The number of nitro groups is 1. The molecule has 0 aliphatic carbocycles. The lowest BCUT2D eigenvalue weighted by molar-refractivity contribution is -0.386. The van der Waals surface area contributed by atoms with E-state index in [-0.39, 0.29) is 17.9 Å². The first-order valence-electron chi connectivity index (χ1n) is 7.58. The third-order valence-corrected chi connectivity index (χ3v) is 3.82. The summed E-state index contributed by atoms with van der Waals surface area (Å²) in [5.41, 5.74) is 2.77. The second kappa shape index (κ2) is 8.86. The minimum Gasteiger partial charge on any atom is -0.500 e. The summed E-state index contributed by atoms with van der Waals surface area (Å²) < 4.78 is 10.2. The Bertz CT molecular complexity index is 900. The number of aromatic hydroxyl groups is 1. The quantitative estimate of drug-likeness (QED) is 0.423. The molecule has 0 unspecified atom stereocenters. The van der Waals surface area contributed by atoms with Gasteiger partial charge in [-0.1, -0.05) is 11.6 Å². The highest BCUT2D eigenvalue weighted by molar-refractivity contribution is 6.31. The van der Waals surface area contributed by atoms with Gasteiger partial charge in [0, 0.05) is 16.7 Å². The van der Waals surface area contributed by atoms with E-state index in [0.717, 1.165) is 11.6 Å². The Kier molecular flexibility index (Phi) is 6.56. The molecule has 0 heterocycles. The summed E-state index contributed by atoms with van der Waals surface area (Å²) >= 11 is 5.91. The number of nitrogens with one attached hydrogen (secondary N) is 1. The molecule has 0 saturated heterocycles. The fourth-order valence-corrected chi connectivity index (χ4v) is 2.17. The monoisotopic (exact) mass is 393 g/mol. The maximum Gasteiger partial charge on any atom is 0.315 e. The highest BCUT2D eigenvalue weighted by Gasteiger charge is 2.19. The lowest BCUT2D eigenvalue weighted by Crippen LogP contribution is -2.24. The molecule has 142 valence electrons. The van der Waals surface area contributed by atoms with Crippen molar-refractivity contribution in [3.05, 3.63) is 56.6 Å². The van der Waals surface area contributed by atoms with Crippen molar-refractivity contribution in [3.63, 3.8) is 0 Å². The van der Waals surface area contributed by atoms with Crippen LogP contribution in [0.5, 0.6) is 17.2 Å². The normalized spacial score (nSPS) is 10.6. The molecule has 0 fully saturated rings. The van der Waals surface area contributed by atoms with Gasteiger partial charge in [0.05, 0.1) is 18.2 Å². The van der Waals surface area contributed by atoms with Crippen molar-refractivity contribution in [3.8, 4) is 17.2 Å². The summed E-state index contributed by atoms with van der Waals surface area (Å²) in [5, 5.41) is 24.9. The molecule has 2 aromatic carbocycles. The van der Waals surface area contributed by atoms with Crippen molar-refractivity contribution < 1.29 is 24.3 Å². The first-order chi connectivity index (χ1) is 12.8. The third kappa shape index (κ3) is 5.32. The summed E-state index contributed by atoms with van der Waals surface area (Å²) in [6.07, 6.45) is 1.18. The van der Waals surface area contributed by atoms with Crippen LogP contribution >= 0.6 is 11.6 Å². The first-order valence-corrected chi connectivity index (χ1v) is 7.96. The standard InChI is InChI=1S/C17H16ClN3O6/c1-10-5-12(3-4-13(10)18)27-9-16(22)20-19-8-11-6-14(21(24)25)17(23)15(7-11)26-2/h3-8,23H,9H2,1-2H3,(H,20,22)/b19-8+. The molecule has 0 spiro atoms. The van der Waals surface area contributed by atoms with Crippen LogP contribution in [-0.4, -0.2) is 35.9 Å². The van der Waals surface area contributed by atoms with Gasteiger partial charge < -0.3 is 14.6 Å². The number of benzene rings is 2. The predicted octanol–water partition coefficient (Wildman–Crippen LogP) is 2.80. The maximum absolute atomic E-state index is 11.8. The van der Waals surface area contributed by atoms with Crippen molar-refractivity contribution in [2.75, 3.05) is 13.7 Å². The smallest absolute Gasteiger partial charge is 0.315 e. The van der Waals surface area contributed by atoms with E-state index in [9.17, 15) is 20.0 Å². The highest BCUT2D eigenvalue weighted by atomic mass is 35.5. The molecule has 0 aliphatic rings. The van der Waals surface area contributed by atoms with E-state index in [2.05, 4.69) is 10.5 Å². The molecule has 0 aliphatic heterocycles. The number of hydrogen-bond acceptors (Lipinski definition) is 7. The van der Waals surface area contributed by atoms with E-state index in [1.807, 2.05) is 6.92 Å². The Morgan fingerprint density at radius 1 is 1.41 bits per heavy atom. The van der Waals surface area contributed by atoms with Gasteiger partial charge in [-0.05, 0) is 36.8 Å². The number of hydrazone groups is 1. The van der Waals surface area contributed by atoms with E-state index in [1.54, 1.807) is 18.2 Å². The molecule has 9 nitrogen and oxygen atoms in total. The van der Waals surface area contributed by atoms with Gasteiger partial charge in [-0.3, -0.25) is 14.9 Å². The van der Waals surface area contributed by atoms with Crippen molar-refractivity contribution in [2.45, 2.75) is 6.92 Å². The van der Waals surface area contributed by atoms with Gasteiger partial charge in [-0.25, -0.2) is 5.43 Å². The largest absolute Gasteiger partial charge is 0.500 e. The Balaban J connectivity index is 1.98. The van der Waals surface area contributed by atoms with Crippen LogP contribution in [0.3, 0.4) is 0 Å². The van der Waals surface area contributed by atoms with Crippen molar-refractivity contribution >= 4 is 29.4 Å². The Labute approximate surface area is 159 Å². The zero-order valence-electron chi connectivity index (χ0n) is 14.4. The van der Waals surface area contributed by atoms with Crippen LogP contribution in [0, 0.1) is 17.0 Å². The number of carbonyl (C=O) groups excluding carboxylic acids is 1. The van der Waals surface area contributed by atoms with Crippen LogP contribution < -0.4 is 14.9 Å². The molecule has 2 N–H and O–H groups in total. The van der Waals surface area contributed by atoms with E-state index in [0.29, 0.717) is 10.8 Å². The number of nitro benzene ring substituents is 1. The molecule has 10 heteroatoms. The third-order valence-electron chi connectivity index (χ3n) is 3.40. The predicted molar refractivity (Wildman–Crippen MR) is 98.7 cm³/mol. The molecule has 0 saturated carbocycles. The molecule has 0 radical (unpaired) electrons. The second-order valence-electron chi connectivity index (χ2n) is 5.34. The summed E-state index contributed by atoms with van der Waals surface area (Å²) in [5.74, 6) is -0.720. The van der Waals surface area contributed by atoms with E-state index >= 15 is 0 Å². The number of hydrogen-bond donors (Lipinski definition) is 2. The zero-order valence-corrected chi connectivity index (χ0v) is 15.2. The number of methoxy groups -OCH3 is 1. The van der Waals surface area contributed by atoms with E-state index < -0.39 is 22.3 Å². The average Bonchev–Trinajstić information content (AvgIpc) is 2.63. The molecular formula is C17H16ClN3O6. The fourth-order valence-electron chi connectivity index (χ4n) is 2.05.